The lowest BCUT2D eigenvalue weighted by Gasteiger charge is -2.26. The quantitative estimate of drug-likeness (QED) is 0.243. The Hall–Kier alpha value is -3.40. The predicted octanol–water partition coefficient (Wildman–Crippen LogP) is 6.54. The molecule has 37 heavy (non-hydrogen) atoms. The molecule has 3 aromatic rings. The van der Waals surface area contributed by atoms with E-state index in [-0.39, 0.29) is 17.9 Å². The first kappa shape index (κ1) is 26.7. The SMILES string of the molecule is CCOc1cc(/C=C2\C(=O)NC(=O)N(c3cccc(F)c3)C2=O)c(Br)cc1OCc1ccc(Cl)c(Cl)c1. The highest BCUT2D eigenvalue weighted by atomic mass is 79.9. The van der Waals surface area contributed by atoms with Gasteiger partial charge in [0.05, 0.1) is 22.3 Å². The summed E-state index contributed by atoms with van der Waals surface area (Å²) in [4.78, 5) is 38.7. The van der Waals surface area contributed by atoms with Gasteiger partial charge in [0, 0.05) is 4.47 Å². The highest BCUT2D eigenvalue weighted by Gasteiger charge is 2.37. The Balaban J connectivity index is 1.66. The molecule has 3 aromatic carbocycles. The van der Waals surface area contributed by atoms with Crippen LogP contribution in [0, 0.1) is 5.82 Å². The first-order valence-electron chi connectivity index (χ1n) is 10.9. The normalized spacial score (nSPS) is 14.7. The summed E-state index contributed by atoms with van der Waals surface area (Å²) in [6.07, 6.45) is 1.31. The molecule has 0 saturated carbocycles. The Morgan fingerprint density at radius 1 is 1.00 bits per heavy atom. The number of nitrogens with zero attached hydrogens (tertiary/aromatic N) is 1. The number of benzene rings is 3. The van der Waals surface area contributed by atoms with E-state index in [1.54, 1.807) is 37.3 Å². The zero-order valence-electron chi connectivity index (χ0n) is 19.2. The molecular weight excluding hydrogens is 590 g/mol. The molecule has 1 heterocycles. The van der Waals surface area contributed by atoms with E-state index >= 15 is 0 Å². The fourth-order valence-electron chi connectivity index (χ4n) is 3.50. The van der Waals surface area contributed by atoms with Crippen LogP contribution < -0.4 is 19.7 Å². The molecule has 1 aliphatic rings. The minimum atomic E-state index is -0.974. The third-order valence-electron chi connectivity index (χ3n) is 5.21. The number of carbonyl (C=O) groups is 3. The second-order valence-electron chi connectivity index (χ2n) is 7.73. The molecule has 1 N–H and O–H groups in total. The number of nitrogens with one attached hydrogen (secondary N) is 1. The summed E-state index contributed by atoms with van der Waals surface area (Å²) in [5, 5.41) is 2.94. The highest BCUT2D eigenvalue weighted by Crippen LogP contribution is 2.36. The standard InChI is InChI=1S/C26H18BrCl2FN2O5/c1-2-36-22-10-15(19(27)12-23(22)37-13-14-6-7-20(28)21(29)8-14)9-18-24(33)31-26(35)32(25(18)34)17-5-3-4-16(30)11-17/h3-12H,2,13H2,1H3,(H,31,33,35)/b18-9+. The number of hydrogen-bond acceptors (Lipinski definition) is 5. The number of urea groups is 1. The average molecular weight is 608 g/mol. The Labute approximate surface area is 229 Å². The van der Waals surface area contributed by atoms with Crippen molar-refractivity contribution in [3.8, 4) is 11.5 Å². The molecule has 0 atom stereocenters. The number of halogens is 4. The van der Waals surface area contributed by atoms with E-state index in [9.17, 15) is 18.8 Å². The lowest BCUT2D eigenvalue weighted by atomic mass is 10.1. The molecule has 0 spiro atoms. The maximum Gasteiger partial charge on any atom is 0.335 e. The van der Waals surface area contributed by atoms with Crippen LogP contribution in [0.15, 0.2) is 64.6 Å². The van der Waals surface area contributed by atoms with Crippen molar-refractivity contribution in [1.29, 1.82) is 0 Å². The molecule has 7 nitrogen and oxygen atoms in total. The molecule has 1 saturated heterocycles. The van der Waals surface area contributed by atoms with Crippen molar-refractivity contribution in [3.05, 3.63) is 91.6 Å². The van der Waals surface area contributed by atoms with Gasteiger partial charge < -0.3 is 9.47 Å². The van der Waals surface area contributed by atoms with E-state index in [4.69, 9.17) is 32.7 Å². The Bertz CT molecular complexity index is 1450. The lowest BCUT2D eigenvalue weighted by molar-refractivity contribution is -0.122. The largest absolute Gasteiger partial charge is 0.490 e. The summed E-state index contributed by atoms with van der Waals surface area (Å²) in [5.74, 6) is -1.66. The van der Waals surface area contributed by atoms with E-state index in [2.05, 4.69) is 21.2 Å². The lowest BCUT2D eigenvalue weighted by Crippen LogP contribution is -2.54. The summed E-state index contributed by atoms with van der Waals surface area (Å²) in [5.41, 5.74) is 0.862. The number of ether oxygens (including phenoxy) is 2. The van der Waals surface area contributed by atoms with Gasteiger partial charge in [0.1, 0.15) is 18.0 Å². The van der Waals surface area contributed by atoms with Gasteiger partial charge in [0.2, 0.25) is 0 Å². The highest BCUT2D eigenvalue weighted by molar-refractivity contribution is 9.10. The summed E-state index contributed by atoms with van der Waals surface area (Å²) >= 11 is 15.5. The van der Waals surface area contributed by atoms with Crippen molar-refractivity contribution in [1.82, 2.24) is 5.32 Å². The van der Waals surface area contributed by atoms with Gasteiger partial charge in [-0.25, -0.2) is 14.1 Å². The molecule has 190 valence electrons. The Morgan fingerprint density at radius 2 is 1.76 bits per heavy atom. The van der Waals surface area contributed by atoms with Crippen LogP contribution in [-0.4, -0.2) is 24.5 Å². The Kier molecular flexibility index (Phi) is 8.16. The van der Waals surface area contributed by atoms with Crippen molar-refractivity contribution < 1.29 is 28.2 Å². The van der Waals surface area contributed by atoms with Crippen LogP contribution in [0.5, 0.6) is 11.5 Å². The monoisotopic (exact) mass is 606 g/mol. The second-order valence-corrected chi connectivity index (χ2v) is 9.40. The Morgan fingerprint density at radius 3 is 2.46 bits per heavy atom. The molecule has 11 heteroatoms. The molecule has 1 fully saturated rings. The predicted molar refractivity (Wildman–Crippen MR) is 142 cm³/mol. The van der Waals surface area contributed by atoms with Gasteiger partial charge in [-0.1, -0.05) is 51.3 Å². The average Bonchev–Trinajstić information content (AvgIpc) is 2.84. The van der Waals surface area contributed by atoms with E-state index < -0.39 is 23.7 Å². The van der Waals surface area contributed by atoms with Crippen molar-refractivity contribution in [3.63, 3.8) is 0 Å². The zero-order chi connectivity index (χ0) is 26.7. The maximum absolute atomic E-state index is 13.7. The van der Waals surface area contributed by atoms with Gasteiger partial charge in [0.15, 0.2) is 11.5 Å². The van der Waals surface area contributed by atoms with Crippen LogP contribution in [0.3, 0.4) is 0 Å². The minimum Gasteiger partial charge on any atom is -0.490 e. The maximum atomic E-state index is 13.7. The molecule has 4 rings (SSSR count). The van der Waals surface area contributed by atoms with Gasteiger partial charge in [-0.15, -0.1) is 0 Å². The van der Waals surface area contributed by atoms with Gasteiger partial charge in [-0.3, -0.25) is 14.9 Å². The summed E-state index contributed by atoms with van der Waals surface area (Å²) in [6, 6.07) is 12.3. The van der Waals surface area contributed by atoms with Crippen LogP contribution >= 0.6 is 39.1 Å². The third-order valence-corrected chi connectivity index (χ3v) is 6.63. The van der Waals surface area contributed by atoms with Crippen molar-refractivity contribution >= 4 is 68.7 Å². The second kappa shape index (κ2) is 11.3. The fraction of sp³-hybridized carbons (Fsp3) is 0.115. The van der Waals surface area contributed by atoms with Crippen molar-refractivity contribution in [2.45, 2.75) is 13.5 Å². The van der Waals surface area contributed by atoms with Crippen LogP contribution in [0.2, 0.25) is 10.0 Å². The van der Waals surface area contributed by atoms with Gasteiger partial charge in [0.25, 0.3) is 11.8 Å². The number of hydrogen-bond donors (Lipinski definition) is 1. The number of rotatable bonds is 7. The zero-order valence-corrected chi connectivity index (χ0v) is 22.3. The van der Waals surface area contributed by atoms with Crippen molar-refractivity contribution in [2.75, 3.05) is 11.5 Å². The minimum absolute atomic E-state index is 0.0129. The fourth-order valence-corrected chi connectivity index (χ4v) is 4.25. The smallest absolute Gasteiger partial charge is 0.335 e. The van der Waals surface area contributed by atoms with Crippen LogP contribution in [0.1, 0.15) is 18.1 Å². The molecule has 0 unspecified atom stereocenters. The number of anilines is 1. The summed E-state index contributed by atoms with van der Waals surface area (Å²) in [7, 11) is 0. The molecule has 4 amide bonds. The topological polar surface area (TPSA) is 84.9 Å². The van der Waals surface area contributed by atoms with Crippen LogP contribution in [-0.2, 0) is 16.2 Å². The van der Waals surface area contributed by atoms with Crippen LogP contribution in [0.25, 0.3) is 6.08 Å². The number of amides is 4. The molecule has 0 radical (unpaired) electrons. The number of imide groups is 2. The first-order chi connectivity index (χ1) is 17.7. The van der Waals surface area contributed by atoms with E-state index in [1.807, 2.05) is 0 Å². The van der Waals surface area contributed by atoms with Crippen LogP contribution in [0.4, 0.5) is 14.9 Å². The number of carbonyl (C=O) groups excluding carboxylic acids is 3. The van der Waals surface area contributed by atoms with Gasteiger partial charge in [-0.05, 0) is 66.6 Å². The summed E-state index contributed by atoms with van der Waals surface area (Å²) < 4.78 is 25.8. The molecule has 1 aliphatic heterocycles. The molecule has 0 bridgehead atoms. The molecule has 0 aliphatic carbocycles. The summed E-state index contributed by atoms with van der Waals surface area (Å²) in [6.45, 7) is 2.29. The van der Waals surface area contributed by atoms with E-state index in [0.29, 0.717) is 43.1 Å². The molecular formula is C26H18BrCl2FN2O5. The number of barbiturate groups is 1. The van der Waals surface area contributed by atoms with Crippen molar-refractivity contribution in [2.24, 2.45) is 0 Å². The van der Waals surface area contributed by atoms with Gasteiger partial charge in [-0.2, -0.15) is 0 Å². The van der Waals surface area contributed by atoms with Gasteiger partial charge >= 0.3 is 6.03 Å². The first-order valence-corrected chi connectivity index (χ1v) is 12.4. The molecule has 0 aromatic heterocycles. The van der Waals surface area contributed by atoms with E-state index in [1.165, 1.54) is 24.3 Å². The third kappa shape index (κ3) is 5.95. The van der Waals surface area contributed by atoms with E-state index in [0.717, 1.165) is 11.6 Å².